The van der Waals surface area contributed by atoms with E-state index in [-0.39, 0.29) is 0 Å². The van der Waals surface area contributed by atoms with Crippen molar-refractivity contribution >= 4 is 66.7 Å². The fourth-order valence-electron chi connectivity index (χ4n) is 0. The number of alkyl halides is 5. The van der Waals surface area contributed by atoms with E-state index in [1.807, 2.05) is 5.83 Å². The Kier molecular flexibility index (Phi) is 20.1. The van der Waals surface area contributed by atoms with Crippen LogP contribution in [-0.2, 0) is 0 Å². The van der Waals surface area contributed by atoms with Crippen molar-refractivity contribution in [1.82, 2.24) is 0 Å². The van der Waals surface area contributed by atoms with Gasteiger partial charge in [-0.25, -0.2) is 0 Å². The zero-order valence-electron chi connectivity index (χ0n) is 7.07. The Morgan fingerprint density at radius 1 is 1.38 bits per heavy atom. The molecule has 0 aliphatic heterocycles. The summed E-state index contributed by atoms with van der Waals surface area (Å²) in [4.78, 5) is 8.41. The first-order chi connectivity index (χ1) is 5.86. The quantitative estimate of drug-likeness (QED) is 0.292. The summed E-state index contributed by atoms with van der Waals surface area (Å²) in [5.74, 6) is 1.81. The lowest BCUT2D eigenvalue weighted by Crippen LogP contribution is -2.15. The van der Waals surface area contributed by atoms with E-state index in [1.54, 1.807) is 0 Å². The molecule has 0 aromatic carbocycles. The number of nitro groups is 1. The van der Waals surface area contributed by atoms with Gasteiger partial charge in [0.15, 0.2) is 0 Å². The Morgan fingerprint density at radius 2 is 1.54 bits per heavy atom. The summed E-state index contributed by atoms with van der Waals surface area (Å²) in [6.45, 7) is 2.13. The van der Waals surface area contributed by atoms with Crippen LogP contribution in [-0.4, -0.2) is 20.0 Å². The van der Waals surface area contributed by atoms with Gasteiger partial charge in [0.1, 0.15) is 0 Å². The second-order valence-electron chi connectivity index (χ2n) is 1.41. The van der Waals surface area contributed by atoms with Crippen molar-refractivity contribution in [2.75, 3.05) is 11.2 Å². The maximum Gasteiger partial charge on any atom is 0.449 e. The zero-order valence-corrected chi connectivity index (χ0v) is 12.5. The van der Waals surface area contributed by atoms with Gasteiger partial charge in [-0.2, -0.15) is 0 Å². The highest BCUT2D eigenvalue weighted by atomic mass is 79.9. The molecule has 0 aromatic heterocycles. The van der Waals surface area contributed by atoms with Crippen molar-refractivity contribution < 1.29 is 4.92 Å². The van der Waals surface area contributed by atoms with Crippen LogP contribution in [0.4, 0.5) is 0 Å². The molecule has 0 fully saturated rings. The van der Waals surface area contributed by atoms with Crippen molar-refractivity contribution in [3.8, 4) is 0 Å². The van der Waals surface area contributed by atoms with Crippen LogP contribution in [0.2, 0.25) is 0 Å². The lowest BCUT2D eigenvalue weighted by Gasteiger charge is -1.96. The van der Waals surface area contributed by atoms with Crippen molar-refractivity contribution in [1.29, 1.82) is 0 Å². The minimum Gasteiger partial charge on any atom is -0.260 e. The topological polar surface area (TPSA) is 43.1 Å². The van der Waals surface area contributed by atoms with Crippen molar-refractivity contribution in [3.05, 3.63) is 10.1 Å². The van der Waals surface area contributed by atoms with E-state index in [2.05, 4.69) is 38.8 Å². The van der Waals surface area contributed by atoms with Crippen molar-refractivity contribution in [2.24, 2.45) is 0 Å². The Labute approximate surface area is 110 Å². The van der Waals surface area contributed by atoms with Crippen LogP contribution in [0.5, 0.6) is 0 Å². The Morgan fingerprint density at radius 3 is 1.54 bits per heavy atom. The van der Waals surface area contributed by atoms with Crippen LogP contribution in [0.3, 0.4) is 0 Å². The molecular formula is C5H10Br2Cl3NO2. The molecule has 0 radical (unpaired) electrons. The third-order valence-corrected chi connectivity index (χ3v) is 1.60. The Hall–Kier alpha value is 1.23. The van der Waals surface area contributed by atoms with Crippen molar-refractivity contribution in [3.63, 3.8) is 0 Å². The van der Waals surface area contributed by atoms with E-state index >= 15 is 0 Å². The van der Waals surface area contributed by atoms with Gasteiger partial charge in [-0.15, -0.1) is 0 Å². The molecule has 0 unspecified atom stereocenters. The van der Waals surface area contributed by atoms with E-state index in [0.717, 1.165) is 5.33 Å². The molecule has 82 valence electrons. The summed E-state index contributed by atoms with van der Waals surface area (Å²) in [5.41, 5.74) is 0. The first-order valence-corrected chi connectivity index (χ1v) is 6.85. The molecule has 13 heavy (non-hydrogen) atoms. The molecule has 0 atom stereocenters. The monoisotopic (exact) mass is 379 g/mol. The summed E-state index contributed by atoms with van der Waals surface area (Å²) in [7, 11) is 0. The highest BCUT2D eigenvalue weighted by Crippen LogP contribution is 2.25. The lowest BCUT2D eigenvalue weighted by molar-refractivity contribution is -0.491. The van der Waals surface area contributed by atoms with Gasteiger partial charge in [-0.1, -0.05) is 38.8 Å². The van der Waals surface area contributed by atoms with Crippen LogP contribution < -0.4 is 0 Å². The van der Waals surface area contributed by atoms with Crippen LogP contribution >= 0.6 is 66.7 Å². The smallest absolute Gasteiger partial charge is 0.260 e. The number of hydrogen-bond acceptors (Lipinski definition) is 2. The van der Waals surface area contributed by atoms with Crippen molar-refractivity contribution in [2.45, 2.75) is 17.3 Å². The molecule has 0 N–H and O–H groups in total. The molecule has 0 amide bonds. The Balaban J connectivity index is -0.000000142. The molecule has 0 aliphatic carbocycles. The highest BCUT2D eigenvalue weighted by molar-refractivity contribution is 9.09. The number of hydrogen-bond donors (Lipinski definition) is 0. The molecule has 0 saturated heterocycles. The average Bonchev–Trinajstić information content (AvgIpc) is 2.07. The van der Waals surface area contributed by atoms with Gasteiger partial charge in [-0.3, -0.25) is 10.1 Å². The predicted molar refractivity (Wildman–Crippen MR) is 66.2 cm³/mol. The number of nitrogens with zero attached hydrogens (tertiary/aromatic N) is 1. The normalized spacial score (nSPS) is 8.85. The number of halogens is 5. The van der Waals surface area contributed by atoms with Gasteiger partial charge in [0.2, 0.25) is 0 Å². The number of rotatable bonds is 1. The van der Waals surface area contributed by atoms with Gasteiger partial charge >= 0.3 is 3.92 Å². The fraction of sp³-hybridized carbons (Fsp3) is 1.00. The van der Waals surface area contributed by atoms with Gasteiger partial charge < -0.3 is 0 Å². The van der Waals surface area contributed by atoms with Gasteiger partial charge in [0, 0.05) is 5.33 Å². The summed E-state index contributed by atoms with van der Waals surface area (Å²) in [6, 6.07) is 0. The SMILES string of the molecule is CBr.CCCBr.O=[N+]([O-])C(Cl)(Cl)Cl. The molecule has 0 aromatic rings. The van der Waals surface area contributed by atoms with E-state index in [9.17, 15) is 10.1 Å². The standard InChI is InChI=1S/C3H7Br.CH3Br.CCl3NO2/c1-2-3-4;1-2;2-1(3,4)5(6)7/h2-3H2,1H3;1H3;. The lowest BCUT2D eigenvalue weighted by atomic mass is 10.6. The van der Waals surface area contributed by atoms with E-state index in [4.69, 9.17) is 34.8 Å². The van der Waals surface area contributed by atoms with Crippen LogP contribution in [0, 0.1) is 10.1 Å². The first kappa shape index (κ1) is 19.7. The fourth-order valence-corrected chi connectivity index (χ4v) is 0. The molecule has 0 aliphatic rings. The minimum atomic E-state index is -2.36. The molecule has 3 nitrogen and oxygen atoms in total. The van der Waals surface area contributed by atoms with Gasteiger partial charge in [-0.05, 0) is 47.1 Å². The second kappa shape index (κ2) is 13.2. The summed E-state index contributed by atoms with van der Waals surface area (Å²) < 4.78 is -2.36. The summed E-state index contributed by atoms with van der Waals surface area (Å²) in [5, 5.41) is 10.6. The molecule has 0 rings (SSSR count). The summed E-state index contributed by atoms with van der Waals surface area (Å²) in [6.07, 6.45) is 1.24. The third kappa shape index (κ3) is 24.6. The molecule has 0 saturated carbocycles. The minimum absolute atomic E-state index is 1.02. The molecule has 0 heterocycles. The maximum atomic E-state index is 9.43. The summed E-state index contributed by atoms with van der Waals surface area (Å²) >= 11 is 20.3. The first-order valence-electron chi connectivity index (χ1n) is 3.01. The van der Waals surface area contributed by atoms with Crippen LogP contribution in [0.25, 0.3) is 0 Å². The highest BCUT2D eigenvalue weighted by Gasteiger charge is 2.33. The molecule has 8 heteroatoms. The average molecular weight is 382 g/mol. The van der Waals surface area contributed by atoms with Gasteiger partial charge in [0.05, 0.1) is 4.92 Å². The third-order valence-electron chi connectivity index (χ3n) is 0.396. The molecular weight excluding hydrogens is 372 g/mol. The van der Waals surface area contributed by atoms with E-state index in [0.29, 0.717) is 0 Å². The van der Waals surface area contributed by atoms with Crippen LogP contribution in [0.1, 0.15) is 13.3 Å². The molecule has 0 spiro atoms. The van der Waals surface area contributed by atoms with Crippen LogP contribution in [0.15, 0.2) is 0 Å². The van der Waals surface area contributed by atoms with E-state index in [1.165, 1.54) is 6.42 Å². The van der Waals surface area contributed by atoms with E-state index < -0.39 is 8.84 Å². The Bertz CT molecular complexity index is 119. The maximum absolute atomic E-state index is 9.43. The van der Waals surface area contributed by atoms with Gasteiger partial charge in [0.25, 0.3) is 0 Å². The largest absolute Gasteiger partial charge is 0.449 e. The zero-order chi connectivity index (χ0) is 11.5. The molecule has 0 bridgehead atoms. The second-order valence-corrected chi connectivity index (χ2v) is 4.43. The predicted octanol–water partition coefficient (Wildman–Crippen LogP) is 4.39.